The number of hydrogen-bond donors (Lipinski definition) is 2. The minimum Gasteiger partial charge on any atom is -0.493 e. The molecule has 0 atom stereocenters. The minimum atomic E-state index is 0. The Kier molecular flexibility index (Phi) is 6.44. The molecule has 0 bridgehead atoms. The topological polar surface area (TPSA) is 50.4 Å². The first kappa shape index (κ1) is 17.3. The number of nitrogens with one attached hydrogen (secondary N) is 2. The first-order valence-corrected chi connectivity index (χ1v) is 7.57. The van der Waals surface area contributed by atoms with E-state index in [4.69, 9.17) is 4.74 Å². The predicted molar refractivity (Wildman–Crippen MR) is 92.6 cm³/mol. The van der Waals surface area contributed by atoms with E-state index in [2.05, 4.69) is 28.8 Å². The fourth-order valence-electron chi connectivity index (χ4n) is 2.53. The van der Waals surface area contributed by atoms with Crippen LogP contribution in [0.25, 0.3) is 0 Å². The molecule has 5 heteroatoms. The number of para-hydroxylation sites is 1. The molecule has 0 spiro atoms. The Balaban J connectivity index is 0.00000192. The van der Waals surface area contributed by atoms with E-state index in [0.717, 1.165) is 24.4 Å². The van der Waals surface area contributed by atoms with Crippen LogP contribution in [0.4, 0.5) is 0 Å². The van der Waals surface area contributed by atoms with Crippen LogP contribution in [0.15, 0.2) is 48.5 Å². The van der Waals surface area contributed by atoms with Gasteiger partial charge in [-0.3, -0.25) is 4.79 Å². The van der Waals surface area contributed by atoms with E-state index in [1.54, 1.807) is 0 Å². The molecule has 2 N–H and O–H groups in total. The van der Waals surface area contributed by atoms with Crippen molar-refractivity contribution < 1.29 is 9.53 Å². The van der Waals surface area contributed by atoms with Crippen LogP contribution in [-0.2, 0) is 24.4 Å². The third-order valence-corrected chi connectivity index (χ3v) is 3.73. The van der Waals surface area contributed by atoms with Crippen LogP contribution in [0.3, 0.4) is 0 Å². The van der Waals surface area contributed by atoms with Gasteiger partial charge in [-0.05, 0) is 28.8 Å². The van der Waals surface area contributed by atoms with Gasteiger partial charge in [-0.25, -0.2) is 0 Å². The molecular weight excluding hydrogens is 312 g/mol. The molecule has 23 heavy (non-hydrogen) atoms. The van der Waals surface area contributed by atoms with E-state index in [9.17, 15) is 4.79 Å². The Bertz CT molecular complexity index is 647. The minimum absolute atomic E-state index is 0. The second-order valence-electron chi connectivity index (χ2n) is 5.39. The van der Waals surface area contributed by atoms with E-state index in [-0.39, 0.29) is 18.3 Å². The zero-order valence-electron chi connectivity index (χ0n) is 12.9. The van der Waals surface area contributed by atoms with Gasteiger partial charge in [-0.2, -0.15) is 0 Å². The summed E-state index contributed by atoms with van der Waals surface area (Å²) >= 11 is 0. The molecule has 0 saturated heterocycles. The zero-order valence-corrected chi connectivity index (χ0v) is 13.7. The van der Waals surface area contributed by atoms with Crippen LogP contribution in [-0.4, -0.2) is 12.5 Å². The van der Waals surface area contributed by atoms with Crippen molar-refractivity contribution in [3.05, 3.63) is 65.2 Å². The van der Waals surface area contributed by atoms with Gasteiger partial charge in [0.05, 0.1) is 13.0 Å². The lowest BCUT2D eigenvalue weighted by Crippen LogP contribution is -2.24. The first-order valence-electron chi connectivity index (χ1n) is 7.57. The summed E-state index contributed by atoms with van der Waals surface area (Å²) in [6, 6.07) is 15.9. The normalized spacial score (nSPS) is 12.2. The van der Waals surface area contributed by atoms with Crippen molar-refractivity contribution in [3.63, 3.8) is 0 Å². The summed E-state index contributed by atoms with van der Waals surface area (Å²) in [5.41, 5.74) is 3.82. The first-order chi connectivity index (χ1) is 10.8. The Morgan fingerprint density at radius 1 is 1.09 bits per heavy atom. The van der Waals surface area contributed by atoms with E-state index >= 15 is 0 Å². The summed E-state index contributed by atoms with van der Waals surface area (Å²) in [5, 5.41) is 6.26. The van der Waals surface area contributed by atoms with E-state index < -0.39 is 0 Å². The molecule has 0 saturated carbocycles. The molecule has 1 aliphatic heterocycles. The lowest BCUT2D eigenvalue weighted by Gasteiger charge is -2.08. The number of hydrogen-bond acceptors (Lipinski definition) is 3. The highest BCUT2D eigenvalue weighted by Crippen LogP contribution is 2.16. The lowest BCUT2D eigenvalue weighted by atomic mass is 10.1. The summed E-state index contributed by atoms with van der Waals surface area (Å²) in [5.74, 6) is 0.802. The van der Waals surface area contributed by atoms with Crippen LogP contribution in [0.1, 0.15) is 23.1 Å². The summed E-state index contributed by atoms with van der Waals surface area (Å²) in [6.07, 6.45) is 0.362. The highest BCUT2D eigenvalue weighted by atomic mass is 35.5. The van der Waals surface area contributed by atoms with E-state index in [1.165, 1.54) is 11.1 Å². The number of fused-ring (bicyclic) bond motifs is 1. The van der Waals surface area contributed by atoms with Gasteiger partial charge < -0.3 is 15.4 Å². The van der Waals surface area contributed by atoms with Gasteiger partial charge in [-0.15, -0.1) is 12.4 Å². The maximum Gasteiger partial charge on any atom is 0.223 e. The number of ether oxygens (including phenoxy) is 1. The van der Waals surface area contributed by atoms with Gasteiger partial charge in [0.15, 0.2) is 0 Å². The summed E-state index contributed by atoms with van der Waals surface area (Å²) < 4.78 is 5.52. The van der Waals surface area contributed by atoms with Gasteiger partial charge in [0.25, 0.3) is 0 Å². The smallest absolute Gasteiger partial charge is 0.223 e. The average Bonchev–Trinajstić information content (AvgIpc) is 3.01. The third-order valence-electron chi connectivity index (χ3n) is 3.73. The molecule has 2 aromatic rings. The molecule has 0 aliphatic carbocycles. The molecular formula is C18H21ClN2O2. The molecule has 1 aliphatic rings. The van der Waals surface area contributed by atoms with Crippen molar-refractivity contribution in [2.24, 2.45) is 0 Å². The highest BCUT2D eigenvalue weighted by molar-refractivity contribution is 5.85. The van der Waals surface area contributed by atoms with Gasteiger partial charge in [0, 0.05) is 19.6 Å². The zero-order chi connectivity index (χ0) is 15.2. The Morgan fingerprint density at radius 3 is 2.70 bits per heavy atom. The lowest BCUT2D eigenvalue weighted by molar-refractivity contribution is -0.121. The molecule has 3 rings (SSSR count). The summed E-state index contributed by atoms with van der Waals surface area (Å²) in [6.45, 7) is 2.82. The van der Waals surface area contributed by atoms with Gasteiger partial charge in [0.1, 0.15) is 5.75 Å². The highest BCUT2D eigenvalue weighted by Gasteiger charge is 2.10. The number of amides is 1. The number of carbonyl (C=O) groups is 1. The Labute approximate surface area is 142 Å². The average molecular weight is 333 g/mol. The standard InChI is InChI=1S/C18H20N2O2.ClH/c21-18(8-9-22-17-4-2-1-3-5-17)20-11-14-6-7-15-12-19-13-16(15)10-14;/h1-7,10,19H,8-9,11-13H2,(H,20,21);1H. The van der Waals surface area contributed by atoms with Crippen molar-refractivity contribution in [3.8, 4) is 5.75 Å². The number of halogens is 1. The van der Waals surface area contributed by atoms with Gasteiger partial charge in [0.2, 0.25) is 5.91 Å². The molecule has 0 aromatic heterocycles. The molecule has 1 heterocycles. The number of rotatable bonds is 6. The van der Waals surface area contributed by atoms with Crippen molar-refractivity contribution in [1.29, 1.82) is 0 Å². The van der Waals surface area contributed by atoms with Crippen LogP contribution in [0, 0.1) is 0 Å². The van der Waals surface area contributed by atoms with Gasteiger partial charge >= 0.3 is 0 Å². The maximum atomic E-state index is 11.8. The quantitative estimate of drug-likeness (QED) is 0.855. The number of benzene rings is 2. The molecule has 122 valence electrons. The fraction of sp³-hybridized carbons (Fsp3) is 0.278. The summed E-state index contributed by atoms with van der Waals surface area (Å²) in [7, 11) is 0. The van der Waals surface area contributed by atoms with Crippen LogP contribution < -0.4 is 15.4 Å². The van der Waals surface area contributed by atoms with E-state index in [0.29, 0.717) is 19.6 Å². The monoisotopic (exact) mass is 332 g/mol. The molecule has 0 unspecified atom stereocenters. The Hall–Kier alpha value is -2.04. The second-order valence-corrected chi connectivity index (χ2v) is 5.39. The molecule has 0 radical (unpaired) electrons. The third kappa shape index (κ3) is 4.98. The molecule has 1 amide bonds. The van der Waals surface area contributed by atoms with E-state index in [1.807, 2.05) is 30.3 Å². The Morgan fingerprint density at radius 2 is 1.87 bits per heavy atom. The fourth-order valence-corrected chi connectivity index (χ4v) is 2.53. The van der Waals surface area contributed by atoms with Crippen LogP contribution in [0.2, 0.25) is 0 Å². The largest absolute Gasteiger partial charge is 0.493 e. The SMILES string of the molecule is Cl.O=C(CCOc1ccccc1)NCc1ccc2c(c1)CNC2. The van der Waals surface area contributed by atoms with Crippen molar-refractivity contribution in [2.45, 2.75) is 26.1 Å². The molecule has 0 fully saturated rings. The van der Waals surface area contributed by atoms with Gasteiger partial charge in [-0.1, -0.05) is 36.4 Å². The maximum absolute atomic E-state index is 11.8. The molecule has 4 nitrogen and oxygen atoms in total. The predicted octanol–water partition coefficient (Wildman–Crippen LogP) is 2.80. The number of carbonyl (C=O) groups excluding carboxylic acids is 1. The molecule has 2 aromatic carbocycles. The van der Waals surface area contributed by atoms with Crippen molar-refractivity contribution >= 4 is 18.3 Å². The van der Waals surface area contributed by atoms with Crippen LogP contribution >= 0.6 is 12.4 Å². The van der Waals surface area contributed by atoms with Crippen LogP contribution in [0.5, 0.6) is 5.75 Å². The summed E-state index contributed by atoms with van der Waals surface area (Å²) in [4.78, 5) is 11.8. The van der Waals surface area contributed by atoms with Crippen molar-refractivity contribution in [1.82, 2.24) is 10.6 Å². The second kappa shape index (κ2) is 8.56. The van der Waals surface area contributed by atoms with Crippen molar-refractivity contribution in [2.75, 3.05) is 6.61 Å².